The van der Waals surface area contributed by atoms with E-state index >= 15 is 0 Å². The maximum absolute atomic E-state index is 12.5. The first-order valence-corrected chi connectivity index (χ1v) is 7.56. The molecule has 21 heavy (non-hydrogen) atoms. The van der Waals surface area contributed by atoms with Gasteiger partial charge in [0.2, 0.25) is 0 Å². The summed E-state index contributed by atoms with van der Waals surface area (Å²) in [6.07, 6.45) is 1.54. The lowest BCUT2D eigenvalue weighted by Crippen LogP contribution is -2.52. The third-order valence-electron chi connectivity index (χ3n) is 4.24. The second kappa shape index (κ2) is 6.08. The van der Waals surface area contributed by atoms with E-state index in [2.05, 4.69) is 5.32 Å². The van der Waals surface area contributed by atoms with Crippen molar-refractivity contribution >= 4 is 28.5 Å². The molecule has 0 spiro atoms. The highest BCUT2D eigenvalue weighted by Gasteiger charge is 2.29. The number of carbonyl (C=O) groups is 1. The molecule has 1 aromatic carbocycles. The average molecular weight is 309 g/mol. The summed E-state index contributed by atoms with van der Waals surface area (Å²) in [5.41, 5.74) is 6.77. The molecular weight excluding hydrogens is 288 g/mol. The van der Waals surface area contributed by atoms with Gasteiger partial charge in [-0.2, -0.15) is 0 Å². The van der Waals surface area contributed by atoms with E-state index in [0.717, 1.165) is 23.8 Å². The molecule has 0 aliphatic carbocycles. The number of carbonyl (C=O) groups excluding carboxylic acids is 1. The molecule has 0 atom stereocenters. The highest BCUT2D eigenvalue weighted by molar-refractivity contribution is 6.35. The average Bonchev–Trinajstić information content (AvgIpc) is 2.84. The largest absolute Gasteiger partial charge is 0.449 e. The van der Waals surface area contributed by atoms with Gasteiger partial charge in [-0.05, 0) is 25.8 Å². The fourth-order valence-electron chi connectivity index (χ4n) is 2.49. The second-order valence-corrected chi connectivity index (χ2v) is 5.73. The van der Waals surface area contributed by atoms with Gasteiger partial charge in [0.25, 0.3) is 5.91 Å². The molecule has 3 N–H and O–H groups in total. The molecule has 1 amide bonds. The first-order chi connectivity index (χ1) is 9.98. The van der Waals surface area contributed by atoms with Crippen LogP contribution in [0.2, 0.25) is 5.02 Å². The van der Waals surface area contributed by atoms with Crippen molar-refractivity contribution < 1.29 is 9.21 Å². The van der Waals surface area contributed by atoms with Crippen LogP contribution < -0.4 is 11.1 Å². The van der Waals surface area contributed by atoms with Crippen LogP contribution in [-0.2, 0) is 0 Å². The Balaban J connectivity index is 2.40. The van der Waals surface area contributed by atoms with Crippen LogP contribution in [0.1, 0.15) is 42.8 Å². The Hall–Kier alpha value is -1.52. The van der Waals surface area contributed by atoms with E-state index in [4.69, 9.17) is 21.8 Å². The van der Waals surface area contributed by atoms with Gasteiger partial charge in [0.05, 0.1) is 10.6 Å². The van der Waals surface area contributed by atoms with E-state index in [1.54, 1.807) is 6.07 Å². The summed E-state index contributed by atoms with van der Waals surface area (Å²) in [5.74, 6) is 0.0618. The monoisotopic (exact) mass is 308 g/mol. The number of hydrogen-bond acceptors (Lipinski definition) is 3. The van der Waals surface area contributed by atoms with Gasteiger partial charge in [-0.1, -0.05) is 37.6 Å². The number of nitrogens with two attached hydrogens (primary N) is 1. The van der Waals surface area contributed by atoms with Crippen LogP contribution in [0.15, 0.2) is 22.6 Å². The van der Waals surface area contributed by atoms with Crippen molar-refractivity contribution in [2.45, 2.75) is 39.2 Å². The van der Waals surface area contributed by atoms with Crippen LogP contribution in [0.3, 0.4) is 0 Å². The van der Waals surface area contributed by atoms with Crippen LogP contribution in [0, 0.1) is 6.92 Å². The molecule has 0 saturated carbocycles. The van der Waals surface area contributed by atoms with E-state index in [-0.39, 0.29) is 5.91 Å². The zero-order valence-electron chi connectivity index (χ0n) is 12.6. The second-order valence-electron chi connectivity index (χ2n) is 5.32. The lowest BCUT2D eigenvalue weighted by molar-refractivity contribution is 0.0868. The lowest BCUT2D eigenvalue weighted by atomic mass is 9.92. The number of aryl methyl sites for hydroxylation is 1. The van der Waals surface area contributed by atoms with Crippen molar-refractivity contribution in [1.82, 2.24) is 5.32 Å². The number of benzene rings is 1. The van der Waals surface area contributed by atoms with Gasteiger partial charge in [0.1, 0.15) is 0 Å². The van der Waals surface area contributed by atoms with Gasteiger partial charge in [0, 0.05) is 17.5 Å². The fourth-order valence-corrected chi connectivity index (χ4v) is 2.70. The minimum atomic E-state index is -0.397. The highest BCUT2D eigenvalue weighted by Crippen LogP contribution is 2.31. The van der Waals surface area contributed by atoms with Gasteiger partial charge >= 0.3 is 0 Å². The molecule has 1 aromatic heterocycles. The first kappa shape index (κ1) is 15.9. The van der Waals surface area contributed by atoms with Crippen molar-refractivity contribution in [2.75, 3.05) is 6.54 Å². The Kier molecular flexibility index (Phi) is 4.59. The van der Waals surface area contributed by atoms with Crippen LogP contribution in [0.5, 0.6) is 0 Å². The minimum Gasteiger partial charge on any atom is -0.449 e. The Bertz CT molecular complexity index is 651. The molecule has 0 unspecified atom stereocenters. The molecule has 2 rings (SSSR count). The number of rotatable bonds is 5. The third-order valence-corrected chi connectivity index (χ3v) is 4.54. The van der Waals surface area contributed by atoms with E-state index < -0.39 is 5.54 Å². The van der Waals surface area contributed by atoms with Crippen LogP contribution in [-0.4, -0.2) is 18.0 Å². The highest BCUT2D eigenvalue weighted by atomic mass is 35.5. The van der Waals surface area contributed by atoms with Gasteiger partial charge < -0.3 is 15.5 Å². The summed E-state index contributed by atoms with van der Waals surface area (Å²) in [6, 6.07) is 5.49. The minimum absolute atomic E-state index is 0.242. The Morgan fingerprint density at radius 1 is 1.38 bits per heavy atom. The predicted octanol–water partition coefficient (Wildman–Crippen LogP) is 3.64. The number of fused-ring (bicyclic) bond motifs is 1. The molecule has 0 saturated heterocycles. The summed E-state index contributed by atoms with van der Waals surface area (Å²) in [4.78, 5) is 12.5. The van der Waals surface area contributed by atoms with Gasteiger partial charge in [-0.25, -0.2) is 0 Å². The maximum atomic E-state index is 12.5. The number of halogens is 1. The zero-order valence-corrected chi connectivity index (χ0v) is 13.4. The molecule has 0 fully saturated rings. The number of amides is 1. The fraction of sp³-hybridized carbons (Fsp3) is 0.438. The summed E-state index contributed by atoms with van der Waals surface area (Å²) in [7, 11) is 0. The van der Waals surface area contributed by atoms with E-state index in [9.17, 15) is 4.79 Å². The molecule has 0 aliphatic rings. The summed E-state index contributed by atoms with van der Waals surface area (Å²) in [6.45, 7) is 6.28. The zero-order chi connectivity index (χ0) is 15.6. The third kappa shape index (κ3) is 2.78. The molecule has 4 nitrogen and oxygen atoms in total. The molecule has 114 valence electrons. The number of furan rings is 1. The van der Waals surface area contributed by atoms with Crippen molar-refractivity contribution in [1.29, 1.82) is 0 Å². The van der Waals surface area contributed by atoms with Crippen LogP contribution >= 0.6 is 11.6 Å². The van der Waals surface area contributed by atoms with E-state index in [1.165, 1.54) is 0 Å². The number of hydrogen-bond donors (Lipinski definition) is 2. The number of nitrogens with one attached hydrogen (secondary N) is 1. The van der Waals surface area contributed by atoms with Crippen molar-refractivity contribution in [3.05, 3.63) is 34.5 Å². The summed E-state index contributed by atoms with van der Waals surface area (Å²) < 4.78 is 5.69. The summed E-state index contributed by atoms with van der Waals surface area (Å²) >= 11 is 6.12. The van der Waals surface area contributed by atoms with Gasteiger partial charge in [-0.15, -0.1) is 0 Å². The standard InChI is InChI=1S/C16H21ClN2O2/c1-4-16(5-2,9-18)19-15(20)13-10(3)11-7-6-8-12(17)14(11)21-13/h6-8H,4-5,9,18H2,1-3H3,(H,19,20). The lowest BCUT2D eigenvalue weighted by Gasteiger charge is -2.31. The van der Waals surface area contributed by atoms with Crippen molar-refractivity contribution in [2.24, 2.45) is 5.73 Å². The van der Waals surface area contributed by atoms with Gasteiger partial charge in [0.15, 0.2) is 11.3 Å². The summed E-state index contributed by atoms with van der Waals surface area (Å²) in [5, 5.41) is 4.38. The Labute approximate surface area is 129 Å². The van der Waals surface area contributed by atoms with E-state index in [1.807, 2.05) is 32.9 Å². The predicted molar refractivity (Wildman–Crippen MR) is 85.8 cm³/mol. The topological polar surface area (TPSA) is 68.3 Å². The molecular formula is C16H21ClN2O2. The molecule has 2 aromatic rings. The molecule has 1 heterocycles. The Morgan fingerprint density at radius 3 is 2.57 bits per heavy atom. The van der Waals surface area contributed by atoms with Crippen molar-refractivity contribution in [3.63, 3.8) is 0 Å². The van der Waals surface area contributed by atoms with Crippen LogP contribution in [0.25, 0.3) is 11.0 Å². The van der Waals surface area contributed by atoms with Crippen molar-refractivity contribution in [3.8, 4) is 0 Å². The SMILES string of the molecule is CCC(CC)(CN)NC(=O)c1oc2c(Cl)cccc2c1C. The van der Waals surface area contributed by atoms with Gasteiger partial charge in [-0.3, -0.25) is 4.79 Å². The Morgan fingerprint density at radius 2 is 2.05 bits per heavy atom. The maximum Gasteiger partial charge on any atom is 0.287 e. The molecule has 0 bridgehead atoms. The van der Waals surface area contributed by atoms with E-state index in [0.29, 0.717) is 22.9 Å². The first-order valence-electron chi connectivity index (χ1n) is 7.18. The molecule has 5 heteroatoms. The normalized spacial score (nSPS) is 11.9. The van der Waals surface area contributed by atoms with Crippen LogP contribution in [0.4, 0.5) is 0 Å². The molecule has 0 aliphatic heterocycles. The smallest absolute Gasteiger partial charge is 0.287 e. The molecule has 0 radical (unpaired) electrons. The number of para-hydroxylation sites is 1. The quantitative estimate of drug-likeness (QED) is 0.886.